The molecule has 10 N–H and O–H groups in total. The number of hydrogen-bond donors (Lipinski definition) is 10. The number of aliphatic hydroxyl groups excluding tert-OH is 8. The molecular formula is C13H29NO10. The van der Waals surface area contributed by atoms with E-state index >= 15 is 0 Å². The van der Waals surface area contributed by atoms with Crippen LogP contribution in [0.25, 0.3) is 0 Å². The maximum absolute atomic E-state index is 10.1. The van der Waals surface area contributed by atoms with Crippen molar-refractivity contribution < 1.29 is 50.8 Å². The maximum Gasteiger partial charge on any atom is 0.320 e. The number of rotatable bonds is 7. The average molecular weight is 359 g/mol. The molecule has 2 unspecified atom stereocenters. The van der Waals surface area contributed by atoms with Crippen LogP contribution in [0.5, 0.6) is 0 Å². The highest BCUT2D eigenvalue weighted by atomic mass is 16.4. The van der Waals surface area contributed by atoms with Crippen LogP contribution < -0.4 is 5.32 Å². The van der Waals surface area contributed by atoms with Crippen molar-refractivity contribution >= 4 is 5.97 Å². The van der Waals surface area contributed by atoms with Gasteiger partial charge in [-0.1, -0.05) is 0 Å². The van der Waals surface area contributed by atoms with E-state index in [2.05, 4.69) is 5.32 Å². The summed E-state index contributed by atoms with van der Waals surface area (Å²) in [6.45, 7) is -1.15. The number of carboxylic acid groups (broad SMARTS) is 1. The van der Waals surface area contributed by atoms with E-state index in [1.807, 2.05) is 0 Å². The van der Waals surface area contributed by atoms with Crippen LogP contribution in [0.3, 0.4) is 0 Å². The second kappa shape index (κ2) is 15.6. The Bertz CT molecular complexity index is 286. The smallest absolute Gasteiger partial charge is 0.320 e. The van der Waals surface area contributed by atoms with Crippen molar-refractivity contribution in [3.05, 3.63) is 0 Å². The van der Waals surface area contributed by atoms with Crippen LogP contribution in [-0.4, -0.2) is 115 Å². The van der Waals surface area contributed by atoms with Crippen molar-refractivity contribution in [2.24, 2.45) is 0 Å². The number of nitrogens with one attached hydrogen (secondary N) is 1. The van der Waals surface area contributed by atoms with Gasteiger partial charge in [-0.3, -0.25) is 4.79 Å². The fourth-order valence-corrected chi connectivity index (χ4v) is 1.43. The third-order valence-electron chi connectivity index (χ3n) is 2.94. The summed E-state index contributed by atoms with van der Waals surface area (Å²) >= 11 is 0. The predicted molar refractivity (Wildman–Crippen MR) is 81.0 cm³/mol. The van der Waals surface area contributed by atoms with Crippen molar-refractivity contribution in [1.82, 2.24) is 5.32 Å². The molecule has 0 spiro atoms. The van der Waals surface area contributed by atoms with E-state index in [0.717, 1.165) is 19.4 Å². The number of aliphatic hydroxyl groups is 8. The van der Waals surface area contributed by atoms with Gasteiger partial charge in [0.15, 0.2) is 0 Å². The van der Waals surface area contributed by atoms with Gasteiger partial charge in [-0.05, 0) is 19.4 Å². The fraction of sp³-hybridized carbons (Fsp3) is 0.923. The molecule has 0 radical (unpaired) electrons. The van der Waals surface area contributed by atoms with Crippen LogP contribution in [0.2, 0.25) is 0 Å². The van der Waals surface area contributed by atoms with Gasteiger partial charge in [-0.2, -0.15) is 0 Å². The van der Waals surface area contributed by atoms with Gasteiger partial charge in [-0.15, -0.1) is 0 Å². The highest BCUT2D eigenvalue weighted by Crippen LogP contribution is 2.03. The lowest BCUT2D eigenvalue weighted by Gasteiger charge is -2.19. The summed E-state index contributed by atoms with van der Waals surface area (Å²) in [5.74, 6) is -0.720. The highest BCUT2D eigenvalue weighted by molar-refractivity contribution is 5.73. The van der Waals surface area contributed by atoms with E-state index in [-0.39, 0.29) is 19.3 Å². The highest BCUT2D eigenvalue weighted by Gasteiger charge is 2.22. The van der Waals surface area contributed by atoms with Crippen LogP contribution in [0, 0.1) is 0 Å². The van der Waals surface area contributed by atoms with Crippen molar-refractivity contribution in [2.45, 2.75) is 43.3 Å². The molecule has 3 atom stereocenters. The topological polar surface area (TPSA) is 211 Å². The van der Waals surface area contributed by atoms with E-state index < -0.39 is 43.6 Å². The Morgan fingerprint density at radius 2 is 1.38 bits per heavy atom. The zero-order valence-corrected chi connectivity index (χ0v) is 13.3. The van der Waals surface area contributed by atoms with Crippen molar-refractivity contribution in [2.75, 3.05) is 33.0 Å². The van der Waals surface area contributed by atoms with Crippen molar-refractivity contribution in [1.29, 1.82) is 0 Å². The monoisotopic (exact) mass is 359 g/mol. The van der Waals surface area contributed by atoms with Crippen LogP contribution in [0.15, 0.2) is 0 Å². The zero-order chi connectivity index (χ0) is 19.1. The molecule has 0 aromatic rings. The summed E-state index contributed by atoms with van der Waals surface area (Å²) in [6, 6.07) is -0.269. The molecule has 1 aliphatic heterocycles. The van der Waals surface area contributed by atoms with E-state index in [9.17, 15) is 4.79 Å². The Labute approximate surface area is 139 Å². The first kappa shape index (κ1) is 25.4. The molecule has 146 valence electrons. The first-order valence-corrected chi connectivity index (χ1v) is 7.36. The molecule has 0 bridgehead atoms. The summed E-state index contributed by atoms with van der Waals surface area (Å²) in [7, 11) is 0. The molecule has 0 aliphatic carbocycles. The minimum Gasteiger partial charge on any atom is -0.480 e. The van der Waals surface area contributed by atoms with E-state index in [4.69, 9.17) is 46.0 Å². The Kier molecular flexibility index (Phi) is 16.5. The predicted octanol–water partition coefficient (Wildman–Crippen LogP) is -4.79. The quantitative estimate of drug-likeness (QED) is 0.208. The van der Waals surface area contributed by atoms with Crippen molar-refractivity contribution in [3.63, 3.8) is 0 Å². The summed E-state index contributed by atoms with van der Waals surface area (Å²) < 4.78 is 0. The Hall–Kier alpha value is -0.890. The van der Waals surface area contributed by atoms with E-state index in [1.165, 1.54) is 0 Å². The molecule has 0 aromatic carbocycles. The van der Waals surface area contributed by atoms with Gasteiger partial charge in [0.1, 0.15) is 30.5 Å². The summed E-state index contributed by atoms with van der Waals surface area (Å²) in [6.07, 6.45) is -3.46. The Morgan fingerprint density at radius 3 is 1.54 bits per heavy atom. The van der Waals surface area contributed by atoms with Gasteiger partial charge in [0, 0.05) is 0 Å². The van der Waals surface area contributed by atoms with Crippen LogP contribution in [0.1, 0.15) is 12.8 Å². The lowest BCUT2D eigenvalue weighted by molar-refractivity contribution is -0.139. The van der Waals surface area contributed by atoms with Gasteiger partial charge in [0.2, 0.25) is 0 Å². The molecule has 1 aliphatic rings. The molecule has 0 aromatic heterocycles. The molecule has 24 heavy (non-hydrogen) atoms. The van der Waals surface area contributed by atoms with Gasteiger partial charge in [-0.25, -0.2) is 0 Å². The zero-order valence-electron chi connectivity index (χ0n) is 13.3. The average Bonchev–Trinajstić information content (AvgIpc) is 3.14. The second-order valence-electron chi connectivity index (χ2n) is 5.00. The molecule has 0 saturated carbocycles. The van der Waals surface area contributed by atoms with Crippen LogP contribution in [0.4, 0.5) is 0 Å². The summed E-state index contributed by atoms with van der Waals surface area (Å²) in [4.78, 5) is 10.1. The molecule has 11 heteroatoms. The van der Waals surface area contributed by atoms with Gasteiger partial charge in [0.25, 0.3) is 0 Å². The minimum atomic E-state index is -1.49. The largest absolute Gasteiger partial charge is 0.480 e. The van der Waals surface area contributed by atoms with Crippen LogP contribution >= 0.6 is 0 Å². The fourth-order valence-electron chi connectivity index (χ4n) is 1.43. The second-order valence-corrected chi connectivity index (χ2v) is 5.00. The maximum atomic E-state index is 10.1. The van der Waals surface area contributed by atoms with Crippen LogP contribution in [-0.2, 0) is 4.79 Å². The van der Waals surface area contributed by atoms with E-state index in [1.54, 1.807) is 0 Å². The lowest BCUT2D eigenvalue weighted by Crippen LogP contribution is -2.41. The van der Waals surface area contributed by atoms with Gasteiger partial charge in [0.05, 0.1) is 26.4 Å². The number of carboxylic acids is 1. The molecule has 11 nitrogen and oxygen atoms in total. The number of hydrogen-bond acceptors (Lipinski definition) is 10. The number of carbonyl (C=O) groups is 1. The minimum absolute atomic E-state index is 0.269. The third kappa shape index (κ3) is 12.5. The van der Waals surface area contributed by atoms with Gasteiger partial charge >= 0.3 is 5.97 Å². The molecule has 1 heterocycles. The molecule has 1 fully saturated rings. The van der Waals surface area contributed by atoms with Gasteiger partial charge < -0.3 is 51.3 Å². The lowest BCUT2D eigenvalue weighted by atomic mass is 10.1. The van der Waals surface area contributed by atoms with Crippen molar-refractivity contribution in [3.8, 4) is 0 Å². The number of aliphatic carboxylic acids is 1. The third-order valence-corrected chi connectivity index (χ3v) is 2.94. The first-order chi connectivity index (χ1) is 11.2. The molecule has 0 amide bonds. The van der Waals surface area contributed by atoms with E-state index in [0.29, 0.717) is 0 Å². The summed E-state index contributed by atoms with van der Waals surface area (Å²) in [5.41, 5.74) is 0. The first-order valence-electron chi connectivity index (χ1n) is 7.36. The summed E-state index contributed by atoms with van der Waals surface area (Å²) in [5, 5.41) is 77.8. The normalized spacial score (nSPS) is 20.3. The molecular weight excluding hydrogens is 330 g/mol. The SMILES string of the molecule is O=C(O)[C@@H]1CCCN1.OCC(O)C(O)C(O)CO.OCC(O)CO. The molecule has 1 rings (SSSR count). The standard InChI is InChI=1S/C5H9NO2.C5H12O5.C3H8O3/c7-5(8)4-2-1-3-6-4;6-1-3(8)5(10)4(9)2-7;4-1-3(6)2-5/h4,6H,1-3H2,(H,7,8);3-10H,1-2H2;3-6H,1-2H2/t4-;;/m0../s1. The Balaban J connectivity index is 0. The Morgan fingerprint density at radius 1 is 0.917 bits per heavy atom. The molecule has 1 saturated heterocycles.